The molecule has 0 aliphatic heterocycles. The average Bonchev–Trinajstić information content (AvgIpc) is 3.31. The van der Waals surface area contributed by atoms with Crippen molar-refractivity contribution in [3.63, 3.8) is 0 Å². The Morgan fingerprint density at radius 1 is 0.394 bits per heavy atom. The van der Waals surface area contributed by atoms with E-state index in [1.165, 1.54) is 33.4 Å². The molecular formula is C66H87O4Zr-. The second-order valence-corrected chi connectivity index (χ2v) is 21.9. The molecule has 4 nitrogen and oxygen atoms in total. The molecule has 71 heavy (non-hydrogen) atoms. The number of unbranched alkanes of at least 4 members (excludes halogenated alkanes) is 4. The van der Waals surface area contributed by atoms with E-state index in [1.54, 1.807) is 0 Å². The van der Waals surface area contributed by atoms with E-state index in [1.807, 2.05) is 0 Å². The monoisotopic (exact) mass is 1030 g/mol. The number of phenolic OH excluding ortho intramolecular Hbond substituents is 2. The van der Waals surface area contributed by atoms with Crippen LogP contribution in [0.25, 0.3) is 44.5 Å². The van der Waals surface area contributed by atoms with Gasteiger partial charge in [-0.15, -0.1) is 0 Å². The Bertz CT molecular complexity index is 2420. The second-order valence-electron chi connectivity index (χ2n) is 21.9. The Hall–Kier alpha value is -4.60. The van der Waals surface area contributed by atoms with Gasteiger partial charge in [0.15, 0.2) is 0 Å². The van der Waals surface area contributed by atoms with Gasteiger partial charge in [-0.25, -0.2) is 0 Å². The molecule has 0 saturated heterocycles. The normalized spacial score (nSPS) is 11.5. The first kappa shape index (κ1) is 59.0. The summed E-state index contributed by atoms with van der Waals surface area (Å²) in [5.74, 6) is 2.03. The SMILES string of the molecule is CCCCc1cc(CCCC)cc(-c2cc(C)cc(-c3cc(C(C)(C)C)ccc3OCCCOc3ccc(C(C)(C)C)cc3-c3cc(C)cc(-c4cc(CCCC)cc(CCCC)c4)c3O)c2O)c1.[CH3-].[Zr]. The van der Waals surface area contributed by atoms with Crippen molar-refractivity contribution in [1.82, 2.24) is 0 Å². The molecule has 2 N–H and O–H groups in total. The van der Waals surface area contributed by atoms with Crippen LogP contribution in [-0.2, 0) is 62.7 Å². The summed E-state index contributed by atoms with van der Waals surface area (Å²) in [4.78, 5) is 0. The number of aryl methyl sites for hydroxylation is 6. The number of hydrogen-bond donors (Lipinski definition) is 2. The van der Waals surface area contributed by atoms with E-state index < -0.39 is 0 Å². The maximum absolute atomic E-state index is 12.3. The van der Waals surface area contributed by atoms with Crippen LogP contribution < -0.4 is 9.47 Å². The molecule has 0 amide bonds. The van der Waals surface area contributed by atoms with E-state index >= 15 is 0 Å². The van der Waals surface area contributed by atoms with Crippen molar-refractivity contribution >= 4 is 0 Å². The van der Waals surface area contributed by atoms with Crippen molar-refractivity contribution in [2.45, 2.75) is 177 Å². The van der Waals surface area contributed by atoms with Crippen LogP contribution in [0.5, 0.6) is 23.0 Å². The molecule has 5 heteroatoms. The minimum Gasteiger partial charge on any atom is -0.507 e. The molecule has 6 rings (SSSR count). The Morgan fingerprint density at radius 3 is 1.00 bits per heavy atom. The second kappa shape index (κ2) is 26.9. The van der Waals surface area contributed by atoms with E-state index in [4.69, 9.17) is 9.47 Å². The van der Waals surface area contributed by atoms with Gasteiger partial charge in [0.2, 0.25) is 0 Å². The zero-order valence-corrected chi connectivity index (χ0v) is 48.5. The molecule has 0 bridgehead atoms. The van der Waals surface area contributed by atoms with Gasteiger partial charge < -0.3 is 27.1 Å². The van der Waals surface area contributed by atoms with E-state index in [-0.39, 0.29) is 56.0 Å². The molecule has 0 spiro atoms. The molecule has 0 fully saturated rings. The maximum atomic E-state index is 12.3. The molecule has 6 aromatic rings. The van der Waals surface area contributed by atoms with Crippen molar-refractivity contribution < 1.29 is 45.9 Å². The van der Waals surface area contributed by atoms with Gasteiger partial charge in [0.05, 0.1) is 13.2 Å². The fourth-order valence-corrected chi connectivity index (χ4v) is 9.43. The van der Waals surface area contributed by atoms with Gasteiger partial charge >= 0.3 is 0 Å². The first-order valence-corrected chi connectivity index (χ1v) is 26.4. The van der Waals surface area contributed by atoms with Crippen LogP contribution >= 0.6 is 0 Å². The first-order chi connectivity index (χ1) is 32.9. The molecule has 0 aliphatic rings. The van der Waals surface area contributed by atoms with Crippen LogP contribution in [0.1, 0.15) is 172 Å². The molecule has 0 aliphatic carbocycles. The van der Waals surface area contributed by atoms with Crippen LogP contribution in [0, 0.1) is 21.3 Å². The number of phenols is 2. The Morgan fingerprint density at radius 2 is 0.704 bits per heavy atom. The molecule has 0 heterocycles. The third kappa shape index (κ3) is 15.7. The molecule has 380 valence electrons. The molecule has 6 aromatic carbocycles. The molecule has 0 unspecified atom stereocenters. The van der Waals surface area contributed by atoms with Crippen LogP contribution in [-0.4, -0.2) is 23.4 Å². The van der Waals surface area contributed by atoms with Gasteiger partial charge in [-0.1, -0.05) is 143 Å². The van der Waals surface area contributed by atoms with E-state index in [2.05, 4.69) is 180 Å². The fourth-order valence-electron chi connectivity index (χ4n) is 9.43. The third-order valence-corrected chi connectivity index (χ3v) is 13.6. The van der Waals surface area contributed by atoms with Gasteiger partial charge in [-0.3, -0.25) is 0 Å². The maximum Gasteiger partial charge on any atom is 0.131 e. The zero-order valence-electron chi connectivity index (χ0n) is 46.1. The van der Waals surface area contributed by atoms with Gasteiger partial charge in [-0.2, -0.15) is 0 Å². The molecule has 0 atom stereocenters. The van der Waals surface area contributed by atoms with Gasteiger partial charge in [0.25, 0.3) is 0 Å². The summed E-state index contributed by atoms with van der Waals surface area (Å²) in [5.41, 5.74) is 16.9. The molecule has 0 radical (unpaired) electrons. The number of rotatable bonds is 22. The van der Waals surface area contributed by atoms with E-state index in [0.29, 0.717) is 19.6 Å². The molecule has 0 aromatic heterocycles. The van der Waals surface area contributed by atoms with Gasteiger partial charge in [-0.05, 0) is 180 Å². The summed E-state index contributed by atoms with van der Waals surface area (Å²) in [6.45, 7) is 27.4. The number of aromatic hydroxyl groups is 2. The topological polar surface area (TPSA) is 58.9 Å². The van der Waals surface area contributed by atoms with Gasteiger partial charge in [0.1, 0.15) is 23.0 Å². The summed E-state index contributed by atoms with van der Waals surface area (Å²) in [6, 6.07) is 35.2. The largest absolute Gasteiger partial charge is 0.507 e. The minimum absolute atomic E-state index is 0. The predicted molar refractivity (Wildman–Crippen MR) is 301 cm³/mol. The third-order valence-electron chi connectivity index (χ3n) is 13.6. The number of benzene rings is 6. The quantitative estimate of drug-likeness (QED) is 0.0525. The predicted octanol–water partition coefficient (Wildman–Crippen LogP) is 18.6. The van der Waals surface area contributed by atoms with Crippen molar-refractivity contribution in [3.05, 3.63) is 149 Å². The average molecular weight is 1040 g/mol. The van der Waals surface area contributed by atoms with Crippen molar-refractivity contribution in [2.24, 2.45) is 0 Å². The van der Waals surface area contributed by atoms with Crippen molar-refractivity contribution in [1.29, 1.82) is 0 Å². The summed E-state index contributed by atoms with van der Waals surface area (Å²) in [6.07, 6.45) is 13.9. The van der Waals surface area contributed by atoms with E-state index in [0.717, 1.165) is 144 Å². The summed E-state index contributed by atoms with van der Waals surface area (Å²) >= 11 is 0. The molecule has 0 saturated carbocycles. The van der Waals surface area contributed by atoms with Crippen LogP contribution in [0.2, 0.25) is 0 Å². The molecular weight excluding hydrogens is 948 g/mol. The Labute approximate surface area is 450 Å². The summed E-state index contributed by atoms with van der Waals surface area (Å²) in [5, 5.41) is 24.6. The fraction of sp³-hybridized carbons (Fsp3) is 0.439. The smallest absolute Gasteiger partial charge is 0.131 e. The Kier molecular flexibility index (Phi) is 22.4. The number of hydrogen-bond acceptors (Lipinski definition) is 4. The van der Waals surface area contributed by atoms with Crippen molar-refractivity contribution in [3.8, 4) is 67.5 Å². The standard InChI is InChI=1S/C65H84O4.CH3.Zr/c1-13-17-22-46-36-47(23-18-14-2)39-50(38-46)54-32-44(5)34-58(62(54)66)56-42-52(64(7,8)9)26-28-60(56)68-30-21-31-69-61-29-27-53(65(10,11)12)43-57(61)59-35-45(6)33-55(63(59)67)51-40-48(24-19-15-3)37-49(41-51)25-20-16-4;;/h26-29,32-43,66-67H,13-25,30-31H2,1-12H3;1H3;/q;-1;. The van der Waals surface area contributed by atoms with Crippen LogP contribution in [0.15, 0.2) is 97.1 Å². The van der Waals surface area contributed by atoms with Crippen LogP contribution in [0.4, 0.5) is 0 Å². The van der Waals surface area contributed by atoms with Gasteiger partial charge in [0, 0.05) is 66.0 Å². The van der Waals surface area contributed by atoms with Crippen LogP contribution in [0.3, 0.4) is 0 Å². The Balaban J connectivity index is 0.00000548. The first-order valence-electron chi connectivity index (χ1n) is 26.4. The zero-order chi connectivity index (χ0) is 49.9. The number of ether oxygens (including phenoxy) is 2. The summed E-state index contributed by atoms with van der Waals surface area (Å²) < 4.78 is 13.4. The van der Waals surface area contributed by atoms with E-state index in [9.17, 15) is 10.2 Å². The minimum atomic E-state index is -0.103. The summed E-state index contributed by atoms with van der Waals surface area (Å²) in [7, 11) is 0. The van der Waals surface area contributed by atoms with Crippen molar-refractivity contribution in [2.75, 3.05) is 13.2 Å².